The third-order valence-electron chi connectivity index (χ3n) is 3.72. The number of carbonyl (C=O) groups is 3. The van der Waals surface area contributed by atoms with Crippen LogP contribution in [0.5, 0.6) is 0 Å². The molecular formula is C18H13NO4. The SMILES string of the molecule is Cc1ccc(N2C(=O)c3ccccc3C2=O)cc1/C=C/C(=O)O. The van der Waals surface area contributed by atoms with Gasteiger partial charge in [0.25, 0.3) is 11.8 Å². The Bertz CT molecular complexity index is 832. The van der Waals surface area contributed by atoms with Gasteiger partial charge in [-0.3, -0.25) is 9.59 Å². The van der Waals surface area contributed by atoms with Gasteiger partial charge >= 0.3 is 5.97 Å². The lowest BCUT2D eigenvalue weighted by atomic mass is 10.1. The summed E-state index contributed by atoms with van der Waals surface area (Å²) in [6.45, 7) is 1.83. The Morgan fingerprint density at radius 1 is 1.04 bits per heavy atom. The van der Waals surface area contributed by atoms with Gasteiger partial charge in [-0.05, 0) is 48.4 Å². The maximum atomic E-state index is 12.5. The highest BCUT2D eigenvalue weighted by molar-refractivity contribution is 6.34. The van der Waals surface area contributed by atoms with Gasteiger partial charge < -0.3 is 5.11 Å². The fourth-order valence-corrected chi connectivity index (χ4v) is 2.53. The van der Waals surface area contributed by atoms with E-state index in [4.69, 9.17) is 5.11 Å². The number of aryl methyl sites for hydroxylation is 1. The Labute approximate surface area is 132 Å². The highest BCUT2D eigenvalue weighted by Gasteiger charge is 2.36. The van der Waals surface area contributed by atoms with E-state index in [-0.39, 0.29) is 11.8 Å². The van der Waals surface area contributed by atoms with Crippen molar-refractivity contribution in [1.29, 1.82) is 0 Å². The van der Waals surface area contributed by atoms with Crippen molar-refractivity contribution in [1.82, 2.24) is 0 Å². The number of rotatable bonds is 3. The second-order valence-electron chi connectivity index (χ2n) is 5.20. The topological polar surface area (TPSA) is 74.7 Å². The van der Waals surface area contributed by atoms with E-state index in [9.17, 15) is 14.4 Å². The summed E-state index contributed by atoms with van der Waals surface area (Å²) in [5.74, 6) is -1.80. The van der Waals surface area contributed by atoms with Crippen LogP contribution in [-0.2, 0) is 4.79 Å². The van der Waals surface area contributed by atoms with Crippen molar-refractivity contribution in [2.24, 2.45) is 0 Å². The van der Waals surface area contributed by atoms with Gasteiger partial charge in [-0.2, -0.15) is 0 Å². The second kappa shape index (κ2) is 5.53. The third-order valence-corrected chi connectivity index (χ3v) is 3.72. The Morgan fingerprint density at radius 2 is 1.65 bits per heavy atom. The maximum absolute atomic E-state index is 12.5. The summed E-state index contributed by atoms with van der Waals surface area (Å²) < 4.78 is 0. The molecule has 5 nitrogen and oxygen atoms in total. The van der Waals surface area contributed by atoms with Gasteiger partial charge in [-0.15, -0.1) is 0 Å². The minimum atomic E-state index is -1.06. The van der Waals surface area contributed by atoms with Gasteiger partial charge in [-0.25, -0.2) is 9.69 Å². The Hall–Kier alpha value is -3.21. The molecule has 0 bridgehead atoms. The summed E-state index contributed by atoms with van der Waals surface area (Å²) in [4.78, 5) is 36.7. The number of hydrogen-bond donors (Lipinski definition) is 1. The van der Waals surface area contributed by atoms with Gasteiger partial charge in [0.05, 0.1) is 16.8 Å². The van der Waals surface area contributed by atoms with Gasteiger partial charge in [0.2, 0.25) is 0 Å². The first kappa shape index (κ1) is 14.7. The highest BCUT2D eigenvalue weighted by Crippen LogP contribution is 2.29. The molecule has 0 saturated heterocycles. The zero-order valence-corrected chi connectivity index (χ0v) is 12.3. The molecule has 23 heavy (non-hydrogen) atoms. The van der Waals surface area contributed by atoms with Crippen molar-refractivity contribution >= 4 is 29.5 Å². The predicted molar refractivity (Wildman–Crippen MR) is 85.4 cm³/mol. The van der Waals surface area contributed by atoms with Gasteiger partial charge in [0.1, 0.15) is 0 Å². The molecule has 3 rings (SSSR count). The first-order chi connectivity index (χ1) is 11.0. The molecule has 5 heteroatoms. The molecule has 0 saturated carbocycles. The van der Waals surface area contributed by atoms with Crippen LogP contribution in [0.3, 0.4) is 0 Å². The molecule has 2 amide bonds. The fourth-order valence-electron chi connectivity index (χ4n) is 2.53. The molecule has 114 valence electrons. The first-order valence-electron chi connectivity index (χ1n) is 6.98. The van der Waals surface area contributed by atoms with Crippen LogP contribution in [0.15, 0.2) is 48.5 Å². The quantitative estimate of drug-likeness (QED) is 0.699. The highest BCUT2D eigenvalue weighted by atomic mass is 16.4. The van der Waals surface area contributed by atoms with Crippen LogP contribution in [0.4, 0.5) is 5.69 Å². The van der Waals surface area contributed by atoms with E-state index in [2.05, 4.69) is 0 Å². The molecule has 0 spiro atoms. The van der Waals surface area contributed by atoms with Crippen molar-refractivity contribution in [3.8, 4) is 0 Å². The molecule has 1 heterocycles. The maximum Gasteiger partial charge on any atom is 0.328 e. The van der Waals surface area contributed by atoms with Gasteiger partial charge in [0, 0.05) is 6.08 Å². The Morgan fingerprint density at radius 3 is 2.22 bits per heavy atom. The van der Waals surface area contributed by atoms with Crippen molar-refractivity contribution in [2.45, 2.75) is 6.92 Å². The summed E-state index contributed by atoms with van der Waals surface area (Å²) in [6.07, 6.45) is 2.47. The number of fused-ring (bicyclic) bond motifs is 1. The summed E-state index contributed by atoms with van der Waals surface area (Å²) in [5.41, 5.74) is 2.66. The number of hydrogen-bond acceptors (Lipinski definition) is 3. The second-order valence-corrected chi connectivity index (χ2v) is 5.20. The van der Waals surface area contributed by atoms with E-state index in [1.807, 2.05) is 6.92 Å². The van der Waals surface area contributed by atoms with Crippen LogP contribution in [0.2, 0.25) is 0 Å². The van der Waals surface area contributed by atoms with Crippen molar-refractivity contribution in [3.05, 3.63) is 70.8 Å². The average Bonchev–Trinajstić information content (AvgIpc) is 2.79. The van der Waals surface area contributed by atoms with Crippen molar-refractivity contribution in [2.75, 3.05) is 4.90 Å². The normalized spacial score (nSPS) is 13.7. The summed E-state index contributed by atoms with van der Waals surface area (Å²) in [6, 6.07) is 11.7. The van der Waals surface area contributed by atoms with Crippen LogP contribution < -0.4 is 4.90 Å². The lowest BCUT2D eigenvalue weighted by Gasteiger charge is -2.15. The largest absolute Gasteiger partial charge is 0.478 e. The monoisotopic (exact) mass is 307 g/mol. The predicted octanol–water partition coefficient (Wildman–Crippen LogP) is 2.89. The molecule has 0 radical (unpaired) electrons. The standard InChI is InChI=1S/C18H13NO4/c1-11-6-8-13(10-12(11)7-9-16(20)21)19-17(22)14-4-2-3-5-15(14)18(19)23/h2-10H,1H3,(H,20,21)/b9-7+. The van der Waals surface area contributed by atoms with Crippen LogP contribution >= 0.6 is 0 Å². The average molecular weight is 307 g/mol. The molecule has 1 N–H and O–H groups in total. The van der Waals surface area contributed by atoms with Crippen LogP contribution in [0.1, 0.15) is 31.8 Å². The number of benzene rings is 2. The summed E-state index contributed by atoms with van der Waals surface area (Å²) in [7, 11) is 0. The molecule has 2 aromatic rings. The fraction of sp³-hybridized carbons (Fsp3) is 0.0556. The number of aliphatic carboxylic acids is 1. The molecule has 2 aromatic carbocycles. The zero-order valence-electron chi connectivity index (χ0n) is 12.3. The molecule has 0 fully saturated rings. The number of nitrogens with zero attached hydrogens (tertiary/aromatic N) is 1. The van der Waals surface area contributed by atoms with Crippen molar-refractivity contribution in [3.63, 3.8) is 0 Å². The number of imide groups is 1. The first-order valence-corrected chi connectivity index (χ1v) is 6.98. The minimum absolute atomic E-state index is 0.373. The third kappa shape index (κ3) is 2.53. The molecule has 0 unspecified atom stereocenters. The smallest absolute Gasteiger partial charge is 0.328 e. The van der Waals surface area contributed by atoms with Crippen LogP contribution in [-0.4, -0.2) is 22.9 Å². The van der Waals surface area contributed by atoms with E-state index < -0.39 is 5.97 Å². The van der Waals surface area contributed by atoms with Crippen molar-refractivity contribution < 1.29 is 19.5 Å². The lowest BCUT2D eigenvalue weighted by molar-refractivity contribution is -0.131. The number of anilines is 1. The van der Waals surface area contributed by atoms with E-state index in [0.29, 0.717) is 22.4 Å². The van der Waals surface area contributed by atoms with E-state index >= 15 is 0 Å². The molecule has 1 aliphatic heterocycles. The van der Waals surface area contributed by atoms with E-state index in [1.54, 1.807) is 42.5 Å². The number of carbonyl (C=O) groups excluding carboxylic acids is 2. The van der Waals surface area contributed by atoms with Crippen LogP contribution in [0, 0.1) is 6.92 Å². The minimum Gasteiger partial charge on any atom is -0.478 e. The number of carboxylic acid groups (broad SMARTS) is 1. The van der Waals surface area contributed by atoms with E-state index in [1.165, 1.54) is 6.08 Å². The van der Waals surface area contributed by atoms with Gasteiger partial charge in [0.15, 0.2) is 0 Å². The molecule has 0 aliphatic carbocycles. The van der Waals surface area contributed by atoms with Gasteiger partial charge in [-0.1, -0.05) is 18.2 Å². The zero-order chi connectivity index (χ0) is 16.6. The number of amides is 2. The Kier molecular flexibility index (Phi) is 3.54. The molecule has 1 aliphatic rings. The lowest BCUT2D eigenvalue weighted by Crippen LogP contribution is -2.29. The van der Waals surface area contributed by atoms with E-state index in [0.717, 1.165) is 16.5 Å². The van der Waals surface area contributed by atoms with Crippen LogP contribution in [0.25, 0.3) is 6.08 Å². The Balaban J connectivity index is 2.04. The molecule has 0 aromatic heterocycles. The summed E-state index contributed by atoms with van der Waals surface area (Å²) >= 11 is 0. The molecular weight excluding hydrogens is 294 g/mol. The summed E-state index contributed by atoms with van der Waals surface area (Å²) in [5, 5.41) is 8.74. The molecule has 0 atom stereocenters. The number of carboxylic acids is 1.